The Hall–Kier alpha value is -3.49. The van der Waals surface area contributed by atoms with E-state index in [4.69, 9.17) is 0 Å². The van der Waals surface area contributed by atoms with Crippen molar-refractivity contribution < 1.29 is 14.4 Å². The SMILES string of the molecule is CC(C)n1cc(NC(=O)Cn2nc(C3CCC(=O)NC3=O)c3ccccc32)cn1. The molecule has 1 saturated heterocycles. The van der Waals surface area contributed by atoms with Gasteiger partial charge in [-0.2, -0.15) is 10.2 Å². The molecule has 1 aliphatic heterocycles. The van der Waals surface area contributed by atoms with Gasteiger partial charge < -0.3 is 5.32 Å². The average Bonchev–Trinajstić information content (AvgIpc) is 3.27. The number of benzene rings is 1. The Balaban J connectivity index is 1.58. The van der Waals surface area contributed by atoms with Crippen LogP contribution in [-0.2, 0) is 20.9 Å². The number of para-hydroxylation sites is 1. The monoisotopic (exact) mass is 394 g/mol. The maximum Gasteiger partial charge on any atom is 0.246 e. The van der Waals surface area contributed by atoms with Gasteiger partial charge in [-0.15, -0.1) is 0 Å². The average molecular weight is 394 g/mol. The van der Waals surface area contributed by atoms with Crippen molar-refractivity contribution in [2.75, 3.05) is 5.32 Å². The second kappa shape index (κ2) is 7.50. The predicted octanol–water partition coefficient (Wildman–Crippen LogP) is 1.97. The van der Waals surface area contributed by atoms with Crippen molar-refractivity contribution >= 4 is 34.3 Å². The Kier molecular flexibility index (Phi) is 4.87. The van der Waals surface area contributed by atoms with Crippen LogP contribution in [0, 0.1) is 0 Å². The van der Waals surface area contributed by atoms with E-state index in [9.17, 15) is 14.4 Å². The van der Waals surface area contributed by atoms with Crippen LogP contribution in [0.1, 0.15) is 44.3 Å². The van der Waals surface area contributed by atoms with Crippen LogP contribution in [0.5, 0.6) is 0 Å². The highest BCUT2D eigenvalue weighted by molar-refractivity contribution is 6.02. The summed E-state index contributed by atoms with van der Waals surface area (Å²) < 4.78 is 3.36. The molecule has 0 aliphatic carbocycles. The molecule has 1 atom stereocenters. The number of nitrogens with one attached hydrogen (secondary N) is 2. The van der Waals surface area contributed by atoms with E-state index in [-0.39, 0.29) is 36.7 Å². The Morgan fingerprint density at radius 2 is 2.10 bits per heavy atom. The molecule has 1 unspecified atom stereocenters. The molecule has 3 aromatic rings. The van der Waals surface area contributed by atoms with Crippen LogP contribution in [0.15, 0.2) is 36.7 Å². The first-order valence-corrected chi connectivity index (χ1v) is 9.55. The Bertz CT molecular complexity index is 1100. The molecule has 3 amide bonds. The summed E-state index contributed by atoms with van der Waals surface area (Å²) in [5, 5.41) is 14.8. The van der Waals surface area contributed by atoms with E-state index >= 15 is 0 Å². The number of piperidine rings is 1. The first-order chi connectivity index (χ1) is 13.9. The van der Waals surface area contributed by atoms with Crippen molar-refractivity contribution in [3.8, 4) is 0 Å². The molecule has 2 N–H and O–H groups in total. The number of amides is 3. The summed E-state index contributed by atoms with van der Waals surface area (Å²) in [6.45, 7) is 4.01. The van der Waals surface area contributed by atoms with Crippen molar-refractivity contribution in [3.05, 3.63) is 42.4 Å². The van der Waals surface area contributed by atoms with Crippen LogP contribution >= 0.6 is 0 Å². The van der Waals surface area contributed by atoms with E-state index in [2.05, 4.69) is 20.8 Å². The van der Waals surface area contributed by atoms with E-state index in [0.717, 1.165) is 10.9 Å². The number of carbonyl (C=O) groups excluding carboxylic acids is 3. The third kappa shape index (κ3) is 3.75. The van der Waals surface area contributed by atoms with Gasteiger partial charge in [0.25, 0.3) is 0 Å². The van der Waals surface area contributed by atoms with Crippen molar-refractivity contribution in [3.63, 3.8) is 0 Å². The van der Waals surface area contributed by atoms with E-state index in [1.54, 1.807) is 21.8 Å². The zero-order valence-electron chi connectivity index (χ0n) is 16.3. The number of hydrogen-bond acceptors (Lipinski definition) is 5. The zero-order chi connectivity index (χ0) is 20.5. The lowest BCUT2D eigenvalue weighted by atomic mass is 9.93. The van der Waals surface area contributed by atoms with E-state index in [1.165, 1.54) is 0 Å². The molecule has 29 heavy (non-hydrogen) atoms. The fourth-order valence-electron chi connectivity index (χ4n) is 3.51. The van der Waals surface area contributed by atoms with E-state index < -0.39 is 5.92 Å². The molecule has 0 bridgehead atoms. The highest BCUT2D eigenvalue weighted by Crippen LogP contribution is 2.30. The van der Waals surface area contributed by atoms with Gasteiger partial charge in [-0.25, -0.2) is 0 Å². The summed E-state index contributed by atoms with van der Waals surface area (Å²) in [6.07, 6.45) is 4.07. The molecule has 9 heteroatoms. The molecule has 1 aromatic carbocycles. The van der Waals surface area contributed by atoms with Gasteiger partial charge in [-0.3, -0.25) is 29.1 Å². The third-order valence-electron chi connectivity index (χ3n) is 4.96. The van der Waals surface area contributed by atoms with Gasteiger partial charge in [0, 0.05) is 24.0 Å². The maximum atomic E-state index is 12.6. The maximum absolute atomic E-state index is 12.6. The van der Waals surface area contributed by atoms with Gasteiger partial charge in [0.1, 0.15) is 6.54 Å². The smallest absolute Gasteiger partial charge is 0.246 e. The lowest BCUT2D eigenvalue weighted by molar-refractivity contribution is -0.134. The molecule has 9 nitrogen and oxygen atoms in total. The normalized spacial score (nSPS) is 17.0. The van der Waals surface area contributed by atoms with Crippen LogP contribution in [0.3, 0.4) is 0 Å². The number of anilines is 1. The highest BCUT2D eigenvalue weighted by Gasteiger charge is 2.31. The van der Waals surface area contributed by atoms with Gasteiger partial charge in [0.2, 0.25) is 17.7 Å². The number of hydrogen-bond donors (Lipinski definition) is 2. The number of imide groups is 1. The van der Waals surface area contributed by atoms with Gasteiger partial charge in [0.05, 0.1) is 29.0 Å². The topological polar surface area (TPSA) is 111 Å². The Morgan fingerprint density at radius 3 is 2.83 bits per heavy atom. The van der Waals surface area contributed by atoms with Crippen LogP contribution in [0.25, 0.3) is 10.9 Å². The van der Waals surface area contributed by atoms with Crippen molar-refractivity contribution in [2.24, 2.45) is 0 Å². The standard InChI is InChI=1S/C20H22N6O3/c1-12(2)25-10-13(9-21-25)22-18(28)11-26-16-6-4-3-5-14(16)19(24-26)15-7-8-17(27)23-20(15)29/h3-6,9-10,12,15H,7-8,11H2,1-2H3,(H,22,28)(H,23,27,29). The molecule has 2 aromatic heterocycles. The minimum absolute atomic E-state index is 0.000636. The predicted molar refractivity (Wildman–Crippen MR) is 106 cm³/mol. The Labute approximate surface area is 167 Å². The lowest BCUT2D eigenvalue weighted by Gasteiger charge is -2.19. The molecule has 4 rings (SSSR count). The van der Waals surface area contributed by atoms with Crippen molar-refractivity contribution in [2.45, 2.75) is 45.2 Å². The largest absolute Gasteiger partial charge is 0.322 e. The third-order valence-corrected chi connectivity index (χ3v) is 4.96. The second-order valence-electron chi connectivity index (χ2n) is 7.41. The van der Waals surface area contributed by atoms with Crippen LogP contribution < -0.4 is 10.6 Å². The number of carbonyl (C=O) groups is 3. The Morgan fingerprint density at radius 1 is 1.31 bits per heavy atom. The molecule has 0 spiro atoms. The summed E-state index contributed by atoms with van der Waals surface area (Å²) in [5.41, 5.74) is 1.97. The lowest BCUT2D eigenvalue weighted by Crippen LogP contribution is -2.39. The van der Waals surface area contributed by atoms with Crippen molar-refractivity contribution in [1.82, 2.24) is 24.9 Å². The van der Waals surface area contributed by atoms with Gasteiger partial charge in [-0.1, -0.05) is 18.2 Å². The van der Waals surface area contributed by atoms with Gasteiger partial charge in [-0.05, 0) is 26.3 Å². The number of aromatic nitrogens is 4. The molecule has 150 valence electrons. The summed E-state index contributed by atoms with van der Waals surface area (Å²) in [5.74, 6) is -1.36. The molecular weight excluding hydrogens is 372 g/mol. The van der Waals surface area contributed by atoms with Crippen LogP contribution in [0.2, 0.25) is 0 Å². The summed E-state index contributed by atoms with van der Waals surface area (Å²) in [7, 11) is 0. The number of fused-ring (bicyclic) bond motifs is 1. The fourth-order valence-corrected chi connectivity index (χ4v) is 3.51. The molecular formula is C20H22N6O3. The van der Waals surface area contributed by atoms with Gasteiger partial charge in [0.15, 0.2) is 0 Å². The quantitative estimate of drug-likeness (QED) is 0.643. The fraction of sp³-hybridized carbons (Fsp3) is 0.350. The summed E-state index contributed by atoms with van der Waals surface area (Å²) in [4.78, 5) is 36.3. The number of nitrogens with zero attached hydrogens (tertiary/aromatic N) is 4. The van der Waals surface area contributed by atoms with E-state index in [0.29, 0.717) is 17.8 Å². The molecule has 3 heterocycles. The first kappa shape index (κ1) is 18.9. The van der Waals surface area contributed by atoms with Crippen LogP contribution in [0.4, 0.5) is 5.69 Å². The summed E-state index contributed by atoms with van der Waals surface area (Å²) in [6, 6.07) is 7.67. The van der Waals surface area contributed by atoms with Crippen LogP contribution in [-0.4, -0.2) is 37.3 Å². The van der Waals surface area contributed by atoms with E-state index in [1.807, 2.05) is 38.1 Å². The minimum Gasteiger partial charge on any atom is -0.322 e. The highest BCUT2D eigenvalue weighted by atomic mass is 16.2. The second-order valence-corrected chi connectivity index (χ2v) is 7.41. The summed E-state index contributed by atoms with van der Waals surface area (Å²) >= 11 is 0. The zero-order valence-corrected chi connectivity index (χ0v) is 16.3. The molecule has 1 aliphatic rings. The van der Waals surface area contributed by atoms with Gasteiger partial charge >= 0.3 is 0 Å². The van der Waals surface area contributed by atoms with Crippen molar-refractivity contribution in [1.29, 1.82) is 0 Å². The number of rotatable bonds is 5. The first-order valence-electron chi connectivity index (χ1n) is 9.55. The molecule has 0 radical (unpaired) electrons. The molecule has 1 fully saturated rings. The minimum atomic E-state index is -0.508. The molecule has 0 saturated carbocycles.